The van der Waals surface area contributed by atoms with Crippen molar-refractivity contribution in [1.29, 1.82) is 0 Å². The molecule has 2 atom stereocenters. The second kappa shape index (κ2) is 25.1. The van der Waals surface area contributed by atoms with Gasteiger partial charge in [0, 0.05) is 44.9 Å². The number of ether oxygens (including phenoxy) is 1. The maximum Gasteiger partial charge on any atom is 0.119 e. The summed E-state index contributed by atoms with van der Waals surface area (Å²) in [5.41, 5.74) is 24.8. The normalized spacial score (nSPS) is 16.1. The molecule has 0 N–H and O–H groups in total. The molecule has 0 saturated carbocycles. The highest BCUT2D eigenvalue weighted by Crippen LogP contribution is 2.56. The number of nitrogens with zero attached hydrogens (tertiary/aromatic N) is 2. The van der Waals surface area contributed by atoms with Crippen LogP contribution in [0, 0.1) is 11.3 Å². The lowest BCUT2D eigenvalue weighted by molar-refractivity contribution is 0.304. The molecule has 0 radical (unpaired) electrons. The van der Waals surface area contributed by atoms with Crippen LogP contribution in [0.15, 0.2) is 273 Å². The molecule has 0 saturated heterocycles. The summed E-state index contributed by atoms with van der Waals surface area (Å²) in [6, 6.07) is 76.9. The van der Waals surface area contributed by atoms with Gasteiger partial charge in [-0.3, -0.25) is 0 Å². The number of allylic oxidation sites excluding steroid dienone is 7. The van der Waals surface area contributed by atoms with Crippen molar-refractivity contribution >= 4 is 51.4 Å². The molecule has 0 fully saturated rings. The SMILES string of the molecule is C=Cc1ccc(OCCCCCCCCC2(c3ccccc3)c3ccccc3-c3ccc(N(C4=CCC(C5=CC=C(C(C)(C)C)CC5)C=C4)c4ccc(-c5ccc6c(c5)c5cc(-c7ccc(C=C)cc7)ccc5n6-c5ccc(C=C)cc5)cc4)cc32)cc1. The molecular weight excluding hydrogens is 1060 g/mol. The lowest BCUT2D eigenvalue weighted by Gasteiger charge is -2.35. The molecule has 9 aromatic carbocycles. The highest BCUT2D eigenvalue weighted by atomic mass is 16.5. The van der Waals surface area contributed by atoms with Crippen LogP contribution in [0.25, 0.3) is 79.1 Å². The molecule has 3 aliphatic rings. The van der Waals surface area contributed by atoms with Gasteiger partial charge < -0.3 is 14.2 Å². The fraction of sp³-hybridized carbons (Fsp3) is 0.200. The third kappa shape index (κ3) is 11.4. The van der Waals surface area contributed by atoms with Gasteiger partial charge in [0.05, 0.1) is 17.6 Å². The molecule has 13 rings (SSSR count). The van der Waals surface area contributed by atoms with Crippen molar-refractivity contribution in [3.8, 4) is 44.8 Å². The van der Waals surface area contributed by atoms with Gasteiger partial charge in [-0.25, -0.2) is 0 Å². The number of unbranched alkanes of at least 4 members (excludes halogenated alkanes) is 5. The molecule has 0 aliphatic heterocycles. The second-order valence-electron chi connectivity index (χ2n) is 25.4. The van der Waals surface area contributed by atoms with Gasteiger partial charge in [-0.15, -0.1) is 0 Å². The Morgan fingerprint density at radius 1 is 0.534 bits per heavy atom. The molecule has 1 heterocycles. The van der Waals surface area contributed by atoms with Gasteiger partial charge in [0.25, 0.3) is 0 Å². The molecule has 2 unspecified atom stereocenters. The summed E-state index contributed by atoms with van der Waals surface area (Å²) in [5.74, 6) is 1.30. The minimum absolute atomic E-state index is 0.189. The van der Waals surface area contributed by atoms with Crippen molar-refractivity contribution in [1.82, 2.24) is 4.57 Å². The Morgan fingerprint density at radius 2 is 1.10 bits per heavy atom. The summed E-state index contributed by atoms with van der Waals surface area (Å²) in [5, 5.41) is 2.44. The maximum absolute atomic E-state index is 6.10. The van der Waals surface area contributed by atoms with Crippen LogP contribution in [0.2, 0.25) is 0 Å². The summed E-state index contributed by atoms with van der Waals surface area (Å²) in [6.07, 6.45) is 29.1. The lowest BCUT2D eigenvalue weighted by Crippen LogP contribution is -2.27. The Bertz CT molecular complexity index is 4330. The molecule has 3 nitrogen and oxygen atoms in total. The van der Waals surface area contributed by atoms with Crippen LogP contribution < -0.4 is 9.64 Å². The summed E-state index contributed by atoms with van der Waals surface area (Å²) in [7, 11) is 0. The first-order valence-corrected chi connectivity index (χ1v) is 32.0. The molecule has 3 aliphatic carbocycles. The molecule has 0 bridgehead atoms. The standard InChI is InChI=1S/C85H80N2O/c1-7-60-25-31-65(32-26-60)67-39-53-82-78(57-67)79-58-68(40-54-83(79)87(82)73-43-27-61(8-2)28-44-73)66-37-47-72(48-38-66)86(71-45-35-64(36-46-71)63-33-41-69(42-34-63)84(4,5)6)74-49-52-77-76-23-17-18-24-80(76)85(81(77)59-74,70-21-15-14-16-22-70)55-19-12-10-11-13-20-56-88-75-50-29-62(9-3)30-51-75/h7-9,14-18,21-33,35,37-41,43-54,57-59,64H,1-3,10-13,19-20,34,36,42,55-56H2,4-6H3. The number of fused-ring (bicyclic) bond motifs is 6. The molecule has 1 aromatic heterocycles. The minimum atomic E-state index is -0.309. The number of hydrogen-bond donors (Lipinski definition) is 0. The fourth-order valence-corrected chi connectivity index (χ4v) is 14.2. The zero-order valence-corrected chi connectivity index (χ0v) is 51.5. The number of hydrogen-bond acceptors (Lipinski definition) is 2. The fourth-order valence-electron chi connectivity index (χ4n) is 14.2. The second-order valence-corrected chi connectivity index (χ2v) is 25.4. The largest absolute Gasteiger partial charge is 0.494 e. The van der Waals surface area contributed by atoms with E-state index in [9.17, 15) is 0 Å². The Morgan fingerprint density at radius 3 is 1.72 bits per heavy atom. The van der Waals surface area contributed by atoms with Crippen molar-refractivity contribution in [2.24, 2.45) is 11.3 Å². The summed E-state index contributed by atoms with van der Waals surface area (Å²) < 4.78 is 8.50. The maximum atomic E-state index is 6.10. The number of aromatic nitrogens is 1. The number of anilines is 2. The first-order chi connectivity index (χ1) is 43.1. The Hall–Kier alpha value is -9.44. The highest BCUT2D eigenvalue weighted by molar-refractivity contribution is 6.11. The van der Waals surface area contributed by atoms with Gasteiger partial charge in [-0.2, -0.15) is 0 Å². The van der Waals surface area contributed by atoms with Crippen molar-refractivity contribution in [3.63, 3.8) is 0 Å². The monoisotopic (exact) mass is 1140 g/mol. The molecule has 0 spiro atoms. The van der Waals surface area contributed by atoms with E-state index < -0.39 is 0 Å². The topological polar surface area (TPSA) is 17.4 Å². The van der Waals surface area contributed by atoms with Gasteiger partial charge in [0.15, 0.2) is 0 Å². The Balaban J connectivity index is 0.847. The third-order valence-electron chi connectivity index (χ3n) is 19.0. The van der Waals surface area contributed by atoms with Crippen LogP contribution in [0.4, 0.5) is 11.4 Å². The molecule has 3 heteroatoms. The minimum Gasteiger partial charge on any atom is -0.494 e. The van der Waals surface area contributed by atoms with E-state index in [0.717, 1.165) is 78.9 Å². The first-order valence-electron chi connectivity index (χ1n) is 32.0. The van der Waals surface area contributed by atoms with Crippen LogP contribution in [0.5, 0.6) is 5.75 Å². The van der Waals surface area contributed by atoms with E-state index in [1.54, 1.807) is 0 Å². The van der Waals surface area contributed by atoms with E-state index in [4.69, 9.17) is 4.74 Å². The van der Waals surface area contributed by atoms with Gasteiger partial charge in [-0.1, -0.05) is 260 Å². The van der Waals surface area contributed by atoms with E-state index in [-0.39, 0.29) is 10.8 Å². The van der Waals surface area contributed by atoms with Crippen molar-refractivity contribution < 1.29 is 4.74 Å². The van der Waals surface area contributed by atoms with E-state index in [1.165, 1.54) is 120 Å². The quantitative estimate of drug-likeness (QED) is 0.0667. The number of benzene rings is 9. The number of rotatable bonds is 21. The average molecular weight is 1150 g/mol. The molecule has 0 amide bonds. The molecule has 10 aromatic rings. The smallest absolute Gasteiger partial charge is 0.119 e. The molecular formula is C85H80N2O. The van der Waals surface area contributed by atoms with E-state index >= 15 is 0 Å². The predicted molar refractivity (Wildman–Crippen MR) is 377 cm³/mol. The van der Waals surface area contributed by atoms with Crippen LogP contribution in [-0.2, 0) is 5.41 Å². The van der Waals surface area contributed by atoms with Crippen LogP contribution in [-0.4, -0.2) is 11.2 Å². The molecule has 436 valence electrons. The lowest BCUT2D eigenvalue weighted by atomic mass is 9.69. The van der Waals surface area contributed by atoms with E-state index in [2.05, 4.69) is 274 Å². The van der Waals surface area contributed by atoms with E-state index in [0.29, 0.717) is 5.92 Å². The van der Waals surface area contributed by atoms with Crippen molar-refractivity contribution in [2.75, 3.05) is 11.5 Å². The highest BCUT2D eigenvalue weighted by Gasteiger charge is 2.44. The Kier molecular flexibility index (Phi) is 16.4. The summed E-state index contributed by atoms with van der Waals surface area (Å²) >= 11 is 0. The third-order valence-corrected chi connectivity index (χ3v) is 19.0. The summed E-state index contributed by atoms with van der Waals surface area (Å²) in [6.45, 7) is 19.7. The van der Waals surface area contributed by atoms with Crippen molar-refractivity contribution in [2.45, 2.75) is 90.4 Å². The Labute approximate surface area is 522 Å². The van der Waals surface area contributed by atoms with Crippen LogP contribution in [0.1, 0.15) is 118 Å². The van der Waals surface area contributed by atoms with Crippen molar-refractivity contribution in [3.05, 3.63) is 307 Å². The zero-order valence-electron chi connectivity index (χ0n) is 51.5. The van der Waals surface area contributed by atoms with Gasteiger partial charge in [-0.05, 0) is 183 Å². The van der Waals surface area contributed by atoms with Gasteiger partial charge in [0.1, 0.15) is 5.75 Å². The van der Waals surface area contributed by atoms with Crippen LogP contribution >= 0.6 is 0 Å². The average Bonchev–Trinajstić information content (AvgIpc) is 1.74. The first kappa shape index (κ1) is 57.6. The van der Waals surface area contributed by atoms with Gasteiger partial charge >= 0.3 is 0 Å². The van der Waals surface area contributed by atoms with Crippen LogP contribution in [0.3, 0.4) is 0 Å². The summed E-state index contributed by atoms with van der Waals surface area (Å²) in [4.78, 5) is 2.53. The zero-order chi connectivity index (χ0) is 60.2. The molecule has 88 heavy (non-hydrogen) atoms. The van der Waals surface area contributed by atoms with E-state index in [1.807, 2.05) is 30.4 Å². The predicted octanol–water partition coefficient (Wildman–Crippen LogP) is 23.5. The van der Waals surface area contributed by atoms with Gasteiger partial charge in [0.2, 0.25) is 0 Å².